The molecule has 1 heterocycles. The van der Waals surface area contributed by atoms with E-state index < -0.39 is 5.91 Å². The average molecular weight is 326 g/mol. The first kappa shape index (κ1) is 14.9. The molecule has 2 fully saturated rings. The maximum Gasteiger partial charge on any atom is 0.274 e. The molecule has 0 spiro atoms. The van der Waals surface area contributed by atoms with Crippen LogP contribution in [0.1, 0.15) is 23.7 Å². The second kappa shape index (κ2) is 5.47. The zero-order valence-electron chi connectivity index (χ0n) is 13.3. The van der Waals surface area contributed by atoms with Gasteiger partial charge in [-0.25, -0.2) is 0 Å². The molecule has 6 nitrogen and oxygen atoms in total. The fourth-order valence-corrected chi connectivity index (χ4v) is 4.11. The molecule has 3 aliphatic rings. The number of fused-ring (bicyclic) bond motifs is 5. The van der Waals surface area contributed by atoms with Crippen molar-refractivity contribution in [2.75, 3.05) is 6.61 Å². The standard InChI is InChI=1S/C18H18N2O4/c1-2-24-13-6-4-3-5-12(13)16(21)19-20-17(22)14-10-7-8-11(9-10)15(14)18(20)23/h3-8,10-11,14-15H,2,9H2,1H3,(H,19,21). The lowest BCUT2D eigenvalue weighted by Crippen LogP contribution is -2.47. The van der Waals surface area contributed by atoms with Crippen molar-refractivity contribution in [3.63, 3.8) is 0 Å². The van der Waals surface area contributed by atoms with E-state index in [9.17, 15) is 14.4 Å². The number of nitrogens with one attached hydrogen (secondary N) is 1. The number of allylic oxidation sites excluding steroid dienone is 2. The highest BCUT2D eigenvalue weighted by atomic mass is 16.5. The van der Waals surface area contributed by atoms with Crippen LogP contribution in [-0.4, -0.2) is 29.3 Å². The minimum Gasteiger partial charge on any atom is -0.493 e. The first-order valence-corrected chi connectivity index (χ1v) is 8.20. The van der Waals surface area contributed by atoms with Gasteiger partial charge in [0.05, 0.1) is 24.0 Å². The number of rotatable bonds is 4. The van der Waals surface area contributed by atoms with Gasteiger partial charge in [0.1, 0.15) is 5.75 Å². The maximum atomic E-state index is 12.6. The molecule has 1 aliphatic heterocycles. The highest BCUT2D eigenvalue weighted by Crippen LogP contribution is 2.52. The van der Waals surface area contributed by atoms with Gasteiger partial charge in [-0.15, -0.1) is 0 Å². The summed E-state index contributed by atoms with van der Waals surface area (Å²) in [5.41, 5.74) is 2.78. The predicted molar refractivity (Wildman–Crippen MR) is 84.6 cm³/mol. The molecule has 0 radical (unpaired) electrons. The Morgan fingerprint density at radius 1 is 1.17 bits per heavy atom. The van der Waals surface area contributed by atoms with Crippen molar-refractivity contribution in [3.05, 3.63) is 42.0 Å². The maximum absolute atomic E-state index is 12.6. The van der Waals surface area contributed by atoms with Gasteiger partial charge in [-0.3, -0.25) is 19.8 Å². The number of carbonyl (C=O) groups excluding carboxylic acids is 3. The van der Waals surface area contributed by atoms with Gasteiger partial charge >= 0.3 is 0 Å². The van der Waals surface area contributed by atoms with Gasteiger partial charge in [0.25, 0.3) is 17.7 Å². The Hall–Kier alpha value is -2.63. The van der Waals surface area contributed by atoms with Crippen LogP contribution in [0, 0.1) is 23.7 Å². The lowest BCUT2D eigenvalue weighted by atomic mass is 9.85. The lowest BCUT2D eigenvalue weighted by Gasteiger charge is -2.19. The van der Waals surface area contributed by atoms with Gasteiger partial charge < -0.3 is 4.74 Å². The molecule has 24 heavy (non-hydrogen) atoms. The molecular weight excluding hydrogens is 308 g/mol. The van der Waals surface area contributed by atoms with Crippen LogP contribution in [0.4, 0.5) is 0 Å². The van der Waals surface area contributed by atoms with E-state index in [1.165, 1.54) is 0 Å². The third kappa shape index (κ3) is 2.06. The van der Waals surface area contributed by atoms with Crippen LogP contribution in [0.3, 0.4) is 0 Å². The Morgan fingerprint density at radius 2 is 1.79 bits per heavy atom. The van der Waals surface area contributed by atoms with Crippen LogP contribution < -0.4 is 10.2 Å². The minimum absolute atomic E-state index is 0.120. The van der Waals surface area contributed by atoms with Crippen LogP contribution in [-0.2, 0) is 9.59 Å². The second-order valence-corrected chi connectivity index (χ2v) is 6.38. The number of hydrogen-bond acceptors (Lipinski definition) is 4. The molecular formula is C18H18N2O4. The third-order valence-electron chi connectivity index (χ3n) is 5.12. The molecule has 6 heteroatoms. The molecule has 1 saturated carbocycles. The number of hydrogen-bond donors (Lipinski definition) is 1. The molecule has 4 rings (SSSR count). The van der Waals surface area contributed by atoms with Crippen molar-refractivity contribution in [2.24, 2.45) is 23.7 Å². The summed E-state index contributed by atoms with van der Waals surface area (Å²) in [6.45, 7) is 2.25. The number of para-hydroxylation sites is 1. The van der Waals surface area contributed by atoms with E-state index in [1.54, 1.807) is 24.3 Å². The zero-order valence-corrected chi connectivity index (χ0v) is 13.3. The van der Waals surface area contributed by atoms with Crippen LogP contribution >= 0.6 is 0 Å². The van der Waals surface area contributed by atoms with Gasteiger partial charge in [-0.2, -0.15) is 5.01 Å². The van der Waals surface area contributed by atoms with Gasteiger partial charge in [-0.1, -0.05) is 24.3 Å². The Bertz CT molecular complexity index is 727. The van der Waals surface area contributed by atoms with E-state index in [0.717, 1.165) is 11.4 Å². The SMILES string of the molecule is CCOc1ccccc1C(=O)NN1C(=O)C2C3C=CC(C3)C2C1=O. The molecule has 2 bridgehead atoms. The number of amides is 3. The molecule has 1 aromatic carbocycles. The van der Waals surface area contributed by atoms with Gasteiger partial charge in [0, 0.05) is 0 Å². The minimum atomic E-state index is -0.513. The number of ether oxygens (including phenoxy) is 1. The molecule has 0 aromatic heterocycles. The summed E-state index contributed by atoms with van der Waals surface area (Å²) in [7, 11) is 0. The Morgan fingerprint density at radius 3 is 2.42 bits per heavy atom. The molecule has 4 unspecified atom stereocenters. The van der Waals surface area contributed by atoms with Crippen molar-refractivity contribution < 1.29 is 19.1 Å². The fourth-order valence-electron chi connectivity index (χ4n) is 4.11. The lowest BCUT2D eigenvalue weighted by molar-refractivity contribution is -0.143. The third-order valence-corrected chi connectivity index (χ3v) is 5.12. The summed E-state index contributed by atoms with van der Waals surface area (Å²) in [6, 6.07) is 6.77. The first-order chi connectivity index (χ1) is 11.6. The molecule has 1 saturated heterocycles. The van der Waals surface area contributed by atoms with Crippen molar-refractivity contribution in [3.8, 4) is 5.75 Å². The van der Waals surface area contributed by atoms with Crippen molar-refractivity contribution in [1.29, 1.82) is 0 Å². The van der Waals surface area contributed by atoms with E-state index in [0.29, 0.717) is 17.9 Å². The van der Waals surface area contributed by atoms with Crippen LogP contribution in [0.15, 0.2) is 36.4 Å². The quantitative estimate of drug-likeness (QED) is 0.673. The summed E-state index contributed by atoms with van der Waals surface area (Å²) in [5.74, 6) is -1.10. The van der Waals surface area contributed by atoms with Gasteiger partial charge in [0.2, 0.25) is 0 Å². The summed E-state index contributed by atoms with van der Waals surface area (Å²) in [6.07, 6.45) is 4.90. The van der Waals surface area contributed by atoms with Crippen molar-refractivity contribution in [1.82, 2.24) is 10.4 Å². The summed E-state index contributed by atoms with van der Waals surface area (Å²) in [5, 5.41) is 0.909. The number of carbonyl (C=O) groups is 3. The van der Waals surface area contributed by atoms with Crippen LogP contribution in [0.2, 0.25) is 0 Å². The smallest absolute Gasteiger partial charge is 0.274 e. The Labute approximate surface area is 139 Å². The van der Waals surface area contributed by atoms with Gasteiger partial charge in [-0.05, 0) is 37.3 Å². The number of hydrazine groups is 1. The predicted octanol–water partition coefficient (Wildman–Crippen LogP) is 1.54. The summed E-state index contributed by atoms with van der Waals surface area (Å²) >= 11 is 0. The van der Waals surface area contributed by atoms with Crippen LogP contribution in [0.25, 0.3) is 0 Å². The topological polar surface area (TPSA) is 75.7 Å². The number of nitrogens with zero attached hydrogens (tertiary/aromatic N) is 1. The normalized spacial score (nSPS) is 30.0. The number of imide groups is 1. The Balaban J connectivity index is 1.55. The van der Waals surface area contributed by atoms with E-state index in [1.807, 2.05) is 19.1 Å². The van der Waals surface area contributed by atoms with Crippen LogP contribution in [0.5, 0.6) is 5.75 Å². The van der Waals surface area contributed by atoms with E-state index >= 15 is 0 Å². The van der Waals surface area contributed by atoms with Crippen molar-refractivity contribution >= 4 is 17.7 Å². The summed E-state index contributed by atoms with van der Waals surface area (Å²) in [4.78, 5) is 37.7. The first-order valence-electron chi connectivity index (χ1n) is 8.20. The molecule has 1 N–H and O–H groups in total. The van der Waals surface area contributed by atoms with E-state index in [2.05, 4.69) is 5.43 Å². The second-order valence-electron chi connectivity index (χ2n) is 6.38. The van der Waals surface area contributed by atoms with Crippen molar-refractivity contribution in [2.45, 2.75) is 13.3 Å². The zero-order chi connectivity index (χ0) is 16.8. The molecule has 3 amide bonds. The molecule has 1 aromatic rings. The monoisotopic (exact) mass is 326 g/mol. The highest BCUT2D eigenvalue weighted by molar-refractivity contribution is 6.09. The molecule has 124 valence electrons. The average Bonchev–Trinajstić information content (AvgIpc) is 3.25. The fraction of sp³-hybridized carbons (Fsp3) is 0.389. The number of benzene rings is 1. The van der Waals surface area contributed by atoms with E-state index in [-0.39, 0.29) is 35.5 Å². The summed E-state index contributed by atoms with van der Waals surface area (Å²) < 4.78 is 5.44. The highest BCUT2D eigenvalue weighted by Gasteiger charge is 2.59. The Kier molecular flexibility index (Phi) is 3.40. The van der Waals surface area contributed by atoms with Gasteiger partial charge in [0.15, 0.2) is 0 Å². The molecule has 2 aliphatic carbocycles. The molecule has 4 atom stereocenters. The largest absolute Gasteiger partial charge is 0.493 e. The van der Waals surface area contributed by atoms with E-state index in [4.69, 9.17) is 4.74 Å².